The Labute approximate surface area is 116 Å². The minimum atomic E-state index is -0.184. The van der Waals surface area contributed by atoms with Gasteiger partial charge in [0.1, 0.15) is 5.82 Å². The molecule has 0 unspecified atom stereocenters. The molecule has 1 aromatic carbocycles. The Hall–Kier alpha value is -0.610. The van der Waals surface area contributed by atoms with E-state index in [4.69, 9.17) is 0 Å². The van der Waals surface area contributed by atoms with Crippen LogP contribution in [0.2, 0.25) is 0 Å². The fourth-order valence-electron chi connectivity index (χ4n) is 3.29. The predicted octanol–water partition coefficient (Wildman–Crippen LogP) is 3.31. The Morgan fingerprint density at radius 3 is 2.78 bits per heavy atom. The van der Waals surface area contributed by atoms with Gasteiger partial charge in [-0.15, -0.1) is 0 Å². The summed E-state index contributed by atoms with van der Waals surface area (Å²) in [5, 5.41) is 3.69. The third-order valence-corrected chi connectivity index (χ3v) is 4.82. The van der Waals surface area contributed by atoms with Crippen LogP contribution in [0, 0.1) is 5.82 Å². The van der Waals surface area contributed by atoms with Gasteiger partial charge in [0.05, 0.1) is 5.69 Å². The number of hydrogen-bond acceptors (Lipinski definition) is 2. The zero-order chi connectivity index (χ0) is 12.6. The summed E-state index contributed by atoms with van der Waals surface area (Å²) in [5.74, 6) is -0.184. The molecule has 4 heteroatoms. The van der Waals surface area contributed by atoms with Gasteiger partial charge in [-0.25, -0.2) is 4.39 Å². The van der Waals surface area contributed by atoms with Gasteiger partial charge in [-0.1, -0.05) is 12.8 Å². The molecule has 1 spiro atoms. The predicted molar refractivity (Wildman–Crippen MR) is 75.5 cm³/mol. The van der Waals surface area contributed by atoms with Crippen LogP contribution in [0.5, 0.6) is 0 Å². The lowest BCUT2D eigenvalue weighted by Crippen LogP contribution is -2.59. The van der Waals surface area contributed by atoms with E-state index in [0.29, 0.717) is 5.54 Å². The maximum atomic E-state index is 13.1. The highest BCUT2D eigenvalue weighted by molar-refractivity contribution is 9.10. The van der Waals surface area contributed by atoms with Crippen molar-refractivity contribution in [2.45, 2.75) is 31.2 Å². The smallest absolute Gasteiger partial charge is 0.124 e. The third-order valence-electron chi connectivity index (χ3n) is 4.19. The van der Waals surface area contributed by atoms with Crippen LogP contribution in [0.3, 0.4) is 0 Å². The van der Waals surface area contributed by atoms with E-state index in [9.17, 15) is 4.39 Å². The van der Waals surface area contributed by atoms with Gasteiger partial charge >= 0.3 is 0 Å². The van der Waals surface area contributed by atoms with Crippen LogP contribution in [0.25, 0.3) is 0 Å². The first-order valence-corrected chi connectivity index (χ1v) is 7.43. The quantitative estimate of drug-likeness (QED) is 0.856. The van der Waals surface area contributed by atoms with Crippen molar-refractivity contribution in [2.24, 2.45) is 0 Å². The molecule has 18 heavy (non-hydrogen) atoms. The van der Waals surface area contributed by atoms with Crippen molar-refractivity contribution in [1.29, 1.82) is 0 Å². The molecule has 98 valence electrons. The van der Waals surface area contributed by atoms with Crippen LogP contribution in [-0.4, -0.2) is 25.2 Å². The first-order chi connectivity index (χ1) is 8.69. The summed E-state index contributed by atoms with van der Waals surface area (Å²) >= 11 is 3.48. The van der Waals surface area contributed by atoms with Crippen LogP contribution in [0.15, 0.2) is 22.7 Å². The van der Waals surface area contributed by atoms with Crippen molar-refractivity contribution in [3.63, 3.8) is 0 Å². The molecule has 1 aliphatic carbocycles. The molecule has 1 saturated carbocycles. The number of hydrogen-bond donors (Lipinski definition) is 1. The lowest BCUT2D eigenvalue weighted by molar-refractivity contribution is 0.304. The molecule has 0 amide bonds. The molecule has 0 aromatic heterocycles. The Morgan fingerprint density at radius 1 is 1.28 bits per heavy atom. The number of benzene rings is 1. The SMILES string of the molecule is Fc1ccc(N2CCNC3(CCCC3)C2)c(Br)c1. The van der Waals surface area contributed by atoms with Crippen LogP contribution in [0.1, 0.15) is 25.7 Å². The number of nitrogens with zero attached hydrogens (tertiary/aromatic N) is 1. The van der Waals surface area contributed by atoms with Crippen molar-refractivity contribution < 1.29 is 4.39 Å². The summed E-state index contributed by atoms with van der Waals surface area (Å²) in [6.07, 6.45) is 5.18. The highest BCUT2D eigenvalue weighted by Gasteiger charge is 2.37. The highest BCUT2D eigenvalue weighted by atomic mass is 79.9. The molecule has 3 rings (SSSR count). The van der Waals surface area contributed by atoms with Gasteiger partial charge in [0, 0.05) is 29.6 Å². The minimum Gasteiger partial charge on any atom is -0.367 e. The maximum absolute atomic E-state index is 13.1. The topological polar surface area (TPSA) is 15.3 Å². The van der Waals surface area contributed by atoms with Crippen molar-refractivity contribution in [1.82, 2.24) is 5.32 Å². The molecule has 0 radical (unpaired) electrons. The number of halogens is 2. The molecule has 1 heterocycles. The van der Waals surface area contributed by atoms with Gasteiger partial charge in [-0.05, 0) is 47.0 Å². The van der Waals surface area contributed by atoms with E-state index in [2.05, 4.69) is 26.1 Å². The Balaban J connectivity index is 1.83. The van der Waals surface area contributed by atoms with E-state index in [0.717, 1.165) is 29.8 Å². The molecule has 1 N–H and O–H groups in total. The second-order valence-electron chi connectivity index (χ2n) is 5.43. The lowest BCUT2D eigenvalue weighted by Gasteiger charge is -2.43. The van der Waals surface area contributed by atoms with Crippen molar-refractivity contribution >= 4 is 21.6 Å². The summed E-state index contributed by atoms with van der Waals surface area (Å²) in [6, 6.07) is 4.98. The van der Waals surface area contributed by atoms with Crippen LogP contribution in [0.4, 0.5) is 10.1 Å². The van der Waals surface area contributed by atoms with E-state index < -0.39 is 0 Å². The standard InChI is InChI=1S/C14H18BrFN2/c15-12-9-11(16)3-4-13(12)18-8-7-17-14(10-18)5-1-2-6-14/h3-4,9,17H,1-2,5-8,10H2. The second kappa shape index (κ2) is 4.82. The Bertz CT molecular complexity index is 443. The van der Waals surface area contributed by atoms with Crippen LogP contribution in [-0.2, 0) is 0 Å². The summed E-state index contributed by atoms with van der Waals surface area (Å²) in [6.45, 7) is 3.05. The zero-order valence-corrected chi connectivity index (χ0v) is 12.0. The number of rotatable bonds is 1. The number of anilines is 1. The third kappa shape index (κ3) is 2.28. The van der Waals surface area contributed by atoms with Crippen LogP contribution < -0.4 is 10.2 Å². The van der Waals surface area contributed by atoms with Gasteiger partial charge in [-0.3, -0.25) is 0 Å². The minimum absolute atomic E-state index is 0.184. The lowest BCUT2D eigenvalue weighted by atomic mass is 9.94. The summed E-state index contributed by atoms with van der Waals surface area (Å²) in [5.41, 5.74) is 1.41. The molecule has 2 fully saturated rings. The summed E-state index contributed by atoms with van der Waals surface area (Å²) in [7, 11) is 0. The van der Waals surface area contributed by atoms with E-state index in [-0.39, 0.29) is 5.82 Å². The van der Waals surface area contributed by atoms with Gasteiger partial charge in [0.2, 0.25) is 0 Å². The monoisotopic (exact) mass is 312 g/mol. The Kier molecular flexibility index (Phi) is 3.32. The second-order valence-corrected chi connectivity index (χ2v) is 6.29. The molecule has 2 nitrogen and oxygen atoms in total. The van der Waals surface area contributed by atoms with Crippen molar-refractivity contribution in [3.05, 3.63) is 28.5 Å². The molecule has 0 atom stereocenters. The Morgan fingerprint density at radius 2 is 2.06 bits per heavy atom. The first-order valence-electron chi connectivity index (χ1n) is 6.64. The van der Waals surface area contributed by atoms with Gasteiger partial charge in [0.15, 0.2) is 0 Å². The van der Waals surface area contributed by atoms with Gasteiger partial charge < -0.3 is 10.2 Å². The largest absolute Gasteiger partial charge is 0.367 e. The van der Waals surface area contributed by atoms with Gasteiger partial charge in [-0.2, -0.15) is 0 Å². The zero-order valence-electron chi connectivity index (χ0n) is 10.4. The summed E-state index contributed by atoms with van der Waals surface area (Å²) in [4.78, 5) is 2.38. The molecule has 0 bridgehead atoms. The first kappa shape index (κ1) is 12.4. The normalized spacial score (nSPS) is 22.7. The van der Waals surface area contributed by atoms with Crippen molar-refractivity contribution in [2.75, 3.05) is 24.5 Å². The number of piperazine rings is 1. The summed E-state index contributed by atoms with van der Waals surface area (Å²) < 4.78 is 14.0. The molecule has 1 saturated heterocycles. The average molecular weight is 313 g/mol. The van der Waals surface area contributed by atoms with E-state index >= 15 is 0 Å². The molecule has 1 aromatic rings. The maximum Gasteiger partial charge on any atom is 0.124 e. The van der Waals surface area contributed by atoms with Gasteiger partial charge in [0.25, 0.3) is 0 Å². The van der Waals surface area contributed by atoms with E-state index in [1.54, 1.807) is 12.1 Å². The molecular formula is C14H18BrFN2. The van der Waals surface area contributed by atoms with E-state index in [1.165, 1.54) is 25.7 Å². The molecule has 1 aliphatic heterocycles. The van der Waals surface area contributed by atoms with E-state index in [1.807, 2.05) is 6.07 Å². The fourth-order valence-corrected chi connectivity index (χ4v) is 3.89. The fraction of sp³-hybridized carbons (Fsp3) is 0.571. The molecular weight excluding hydrogens is 295 g/mol. The highest BCUT2D eigenvalue weighted by Crippen LogP contribution is 2.35. The van der Waals surface area contributed by atoms with Crippen molar-refractivity contribution in [3.8, 4) is 0 Å². The van der Waals surface area contributed by atoms with Crippen LogP contribution >= 0.6 is 15.9 Å². The molecule has 2 aliphatic rings. The average Bonchev–Trinajstić information content (AvgIpc) is 2.77. The number of nitrogens with one attached hydrogen (secondary N) is 1.